The lowest BCUT2D eigenvalue weighted by molar-refractivity contribution is 0.0761. The van der Waals surface area contributed by atoms with Gasteiger partial charge in [0.1, 0.15) is 11.5 Å². The Morgan fingerprint density at radius 1 is 1.24 bits per heavy atom. The van der Waals surface area contributed by atoms with Crippen LogP contribution in [0, 0.1) is 5.82 Å². The highest BCUT2D eigenvalue weighted by Gasteiger charge is 2.28. The Morgan fingerprint density at radius 3 is 3.00 bits per heavy atom. The van der Waals surface area contributed by atoms with Gasteiger partial charge >= 0.3 is 0 Å². The number of halogens is 1. The van der Waals surface area contributed by atoms with Gasteiger partial charge in [0.2, 0.25) is 0 Å². The van der Waals surface area contributed by atoms with E-state index in [4.69, 9.17) is 0 Å². The Labute approximate surface area is 145 Å². The molecule has 0 fully saturated rings. The number of aromatic nitrogens is 1. The summed E-state index contributed by atoms with van der Waals surface area (Å²) in [7, 11) is 0. The van der Waals surface area contributed by atoms with Gasteiger partial charge in [-0.25, -0.2) is 4.39 Å². The first-order valence-electron chi connectivity index (χ1n) is 8.11. The van der Waals surface area contributed by atoms with E-state index in [2.05, 4.69) is 9.98 Å². The molecule has 2 aliphatic heterocycles. The average molecular weight is 333 g/mol. The molecule has 2 aliphatic rings. The second-order valence-electron chi connectivity index (χ2n) is 6.05. The zero-order valence-corrected chi connectivity index (χ0v) is 13.5. The zero-order chi connectivity index (χ0) is 17.2. The van der Waals surface area contributed by atoms with Crippen LogP contribution in [0.2, 0.25) is 0 Å². The van der Waals surface area contributed by atoms with Crippen molar-refractivity contribution in [1.29, 1.82) is 0 Å². The summed E-state index contributed by atoms with van der Waals surface area (Å²) in [5.74, 6) is -0.452. The van der Waals surface area contributed by atoms with Gasteiger partial charge in [0.25, 0.3) is 5.91 Å². The third-order valence-electron chi connectivity index (χ3n) is 4.41. The molecular formula is C20H16FN3O. The van der Waals surface area contributed by atoms with Crippen LogP contribution in [-0.4, -0.2) is 22.0 Å². The Kier molecular flexibility index (Phi) is 3.98. The molecule has 3 heterocycles. The zero-order valence-electron chi connectivity index (χ0n) is 13.5. The fourth-order valence-electron chi connectivity index (χ4n) is 3.10. The predicted octanol–water partition coefficient (Wildman–Crippen LogP) is 3.75. The standard InChI is InChI=1S/C20H16FN3O/c21-18-11-15(14-3-1-8-22-10-7-14)5-6-16(18)12-24-13-17-4-2-9-23-19(17)20(24)25/h1-6,8-11H,7,12-13H2. The van der Waals surface area contributed by atoms with Gasteiger partial charge in [-0.1, -0.05) is 24.3 Å². The van der Waals surface area contributed by atoms with E-state index in [1.165, 1.54) is 6.07 Å². The van der Waals surface area contributed by atoms with Crippen LogP contribution in [0.15, 0.2) is 59.9 Å². The number of allylic oxidation sites excluding steroid dienone is 3. The molecule has 25 heavy (non-hydrogen) atoms. The number of rotatable bonds is 3. The first-order chi connectivity index (χ1) is 12.2. The average Bonchev–Trinajstić information content (AvgIpc) is 2.81. The molecule has 0 saturated heterocycles. The maximum atomic E-state index is 14.6. The van der Waals surface area contributed by atoms with Gasteiger partial charge in [-0.3, -0.25) is 14.8 Å². The number of amides is 1. The number of carbonyl (C=O) groups excluding carboxylic acids is 1. The molecule has 4 rings (SSSR count). The third kappa shape index (κ3) is 3.01. The Bertz CT molecular complexity index is 930. The summed E-state index contributed by atoms with van der Waals surface area (Å²) in [6.07, 6.45) is 9.56. The number of hydrogen-bond donors (Lipinski definition) is 0. The van der Waals surface area contributed by atoms with E-state index >= 15 is 0 Å². The maximum Gasteiger partial charge on any atom is 0.273 e. The van der Waals surface area contributed by atoms with Gasteiger partial charge in [0.15, 0.2) is 0 Å². The van der Waals surface area contributed by atoms with E-state index in [9.17, 15) is 9.18 Å². The van der Waals surface area contributed by atoms with Crippen molar-refractivity contribution in [3.8, 4) is 0 Å². The number of hydrogen-bond acceptors (Lipinski definition) is 3. The van der Waals surface area contributed by atoms with Crippen molar-refractivity contribution in [3.05, 3.63) is 83.1 Å². The summed E-state index contributed by atoms with van der Waals surface area (Å²) in [6.45, 7) is 0.706. The van der Waals surface area contributed by atoms with Crippen molar-refractivity contribution in [2.75, 3.05) is 0 Å². The molecule has 0 radical (unpaired) electrons. The van der Waals surface area contributed by atoms with Crippen molar-refractivity contribution in [2.24, 2.45) is 4.99 Å². The van der Waals surface area contributed by atoms with Crippen molar-refractivity contribution in [2.45, 2.75) is 19.5 Å². The van der Waals surface area contributed by atoms with Crippen molar-refractivity contribution in [1.82, 2.24) is 9.88 Å². The molecule has 0 spiro atoms. The van der Waals surface area contributed by atoms with Gasteiger partial charge in [-0.15, -0.1) is 0 Å². The number of carbonyl (C=O) groups is 1. The smallest absolute Gasteiger partial charge is 0.273 e. The molecule has 5 heteroatoms. The van der Waals surface area contributed by atoms with E-state index in [-0.39, 0.29) is 18.3 Å². The van der Waals surface area contributed by atoms with Crippen molar-refractivity contribution >= 4 is 17.7 Å². The normalized spacial score (nSPS) is 16.0. The van der Waals surface area contributed by atoms with Crippen LogP contribution in [0.4, 0.5) is 4.39 Å². The van der Waals surface area contributed by atoms with Gasteiger partial charge in [0, 0.05) is 49.2 Å². The van der Waals surface area contributed by atoms with Crippen LogP contribution in [0.25, 0.3) is 5.57 Å². The second kappa shape index (κ2) is 6.43. The number of aliphatic imine (C=N–C) groups is 1. The van der Waals surface area contributed by atoms with E-state index in [0.29, 0.717) is 24.2 Å². The molecule has 0 unspecified atom stereocenters. The summed E-state index contributed by atoms with van der Waals surface area (Å²) in [4.78, 5) is 22.2. The Morgan fingerprint density at radius 2 is 2.16 bits per heavy atom. The largest absolute Gasteiger partial charge is 0.328 e. The highest BCUT2D eigenvalue weighted by atomic mass is 19.1. The minimum absolute atomic E-state index is 0.146. The molecule has 124 valence electrons. The molecule has 0 saturated carbocycles. The molecule has 2 aromatic rings. The fraction of sp³-hybridized carbons (Fsp3) is 0.150. The van der Waals surface area contributed by atoms with E-state index < -0.39 is 0 Å². The minimum atomic E-state index is -0.305. The highest BCUT2D eigenvalue weighted by Crippen LogP contribution is 2.25. The van der Waals surface area contributed by atoms with Crippen LogP contribution in [0.1, 0.15) is 33.6 Å². The Hall–Kier alpha value is -3.08. The van der Waals surface area contributed by atoms with Crippen molar-refractivity contribution in [3.63, 3.8) is 0 Å². The molecule has 1 aromatic carbocycles. The molecule has 0 atom stereocenters. The van der Waals surface area contributed by atoms with Crippen LogP contribution < -0.4 is 0 Å². The van der Waals surface area contributed by atoms with Crippen LogP contribution in [-0.2, 0) is 13.1 Å². The van der Waals surface area contributed by atoms with Gasteiger partial charge in [-0.2, -0.15) is 0 Å². The third-order valence-corrected chi connectivity index (χ3v) is 4.41. The Balaban J connectivity index is 1.55. The molecular weight excluding hydrogens is 317 g/mol. The van der Waals surface area contributed by atoms with Gasteiger partial charge in [-0.05, 0) is 29.3 Å². The first kappa shape index (κ1) is 15.4. The predicted molar refractivity (Wildman–Crippen MR) is 94.4 cm³/mol. The highest BCUT2D eigenvalue weighted by molar-refractivity contribution is 5.96. The topological polar surface area (TPSA) is 45.6 Å². The van der Waals surface area contributed by atoms with Gasteiger partial charge < -0.3 is 4.90 Å². The maximum absolute atomic E-state index is 14.6. The number of pyridine rings is 1. The molecule has 4 nitrogen and oxygen atoms in total. The van der Waals surface area contributed by atoms with Crippen LogP contribution in [0.5, 0.6) is 0 Å². The summed E-state index contributed by atoms with van der Waals surface area (Å²) in [5, 5.41) is 0. The molecule has 1 amide bonds. The summed E-state index contributed by atoms with van der Waals surface area (Å²) in [6, 6.07) is 8.86. The number of benzene rings is 1. The fourth-order valence-corrected chi connectivity index (χ4v) is 3.10. The van der Waals surface area contributed by atoms with E-state index in [1.807, 2.05) is 30.4 Å². The number of fused-ring (bicyclic) bond motifs is 1. The molecule has 1 aromatic heterocycles. The minimum Gasteiger partial charge on any atom is -0.328 e. The number of nitrogens with zero attached hydrogens (tertiary/aromatic N) is 3. The van der Waals surface area contributed by atoms with E-state index in [1.54, 1.807) is 29.6 Å². The van der Waals surface area contributed by atoms with Crippen molar-refractivity contribution < 1.29 is 9.18 Å². The summed E-state index contributed by atoms with van der Waals surface area (Å²) in [5.41, 5.74) is 3.70. The lowest BCUT2D eigenvalue weighted by Crippen LogP contribution is -2.24. The van der Waals surface area contributed by atoms with E-state index in [0.717, 1.165) is 16.7 Å². The quantitative estimate of drug-likeness (QED) is 0.859. The molecule has 0 N–H and O–H groups in total. The molecule has 0 aliphatic carbocycles. The van der Waals surface area contributed by atoms with Crippen LogP contribution >= 0.6 is 0 Å². The summed E-state index contributed by atoms with van der Waals surface area (Å²) >= 11 is 0. The monoisotopic (exact) mass is 333 g/mol. The SMILES string of the molecule is O=C1c2ncccc2CN1Cc1ccc(C2=CC=CN=CC2)cc1F. The van der Waals surface area contributed by atoms with Crippen LogP contribution in [0.3, 0.4) is 0 Å². The van der Waals surface area contributed by atoms with Gasteiger partial charge in [0.05, 0.1) is 0 Å². The summed E-state index contributed by atoms with van der Waals surface area (Å²) < 4.78 is 14.6. The lowest BCUT2D eigenvalue weighted by Gasteiger charge is -2.16. The second-order valence-corrected chi connectivity index (χ2v) is 6.05. The lowest BCUT2D eigenvalue weighted by atomic mass is 10.0. The first-order valence-corrected chi connectivity index (χ1v) is 8.11. The molecule has 0 bridgehead atoms.